The van der Waals surface area contributed by atoms with Crippen molar-refractivity contribution in [2.45, 2.75) is 11.4 Å². The van der Waals surface area contributed by atoms with Gasteiger partial charge in [0.2, 0.25) is 10.0 Å². The highest BCUT2D eigenvalue weighted by Gasteiger charge is 2.18. The van der Waals surface area contributed by atoms with Gasteiger partial charge in [0, 0.05) is 12.4 Å². The van der Waals surface area contributed by atoms with Crippen LogP contribution in [0.3, 0.4) is 0 Å². The fourth-order valence-corrected chi connectivity index (χ4v) is 2.89. The Morgan fingerprint density at radius 1 is 1.48 bits per heavy atom. The summed E-state index contributed by atoms with van der Waals surface area (Å²) in [4.78, 5) is 3.99. The second kappa shape index (κ2) is 5.10. The predicted octanol–water partition coefficient (Wildman–Crippen LogP) is 1.33. The Kier molecular flexibility index (Phi) is 3.40. The highest BCUT2D eigenvalue weighted by atomic mass is 35.5. The Balaban J connectivity index is 1.91. The molecule has 10 heteroatoms. The molecule has 0 saturated carbocycles. The van der Waals surface area contributed by atoms with Gasteiger partial charge in [-0.2, -0.15) is 5.10 Å². The van der Waals surface area contributed by atoms with Gasteiger partial charge in [0.1, 0.15) is 10.4 Å². The molecule has 3 aromatic rings. The predicted molar refractivity (Wildman–Crippen MR) is 72.8 cm³/mol. The van der Waals surface area contributed by atoms with Gasteiger partial charge < -0.3 is 4.40 Å². The van der Waals surface area contributed by atoms with Crippen LogP contribution >= 0.6 is 11.6 Å². The van der Waals surface area contributed by atoms with Crippen LogP contribution in [0.4, 0.5) is 4.39 Å². The molecule has 0 bridgehead atoms. The Bertz CT molecular complexity index is 891. The molecule has 0 fully saturated rings. The summed E-state index contributed by atoms with van der Waals surface area (Å²) in [7, 11) is -3.73. The number of rotatable bonds is 4. The summed E-state index contributed by atoms with van der Waals surface area (Å²) >= 11 is 5.72. The highest BCUT2D eigenvalue weighted by Crippen LogP contribution is 2.21. The first-order valence-corrected chi connectivity index (χ1v) is 7.63. The van der Waals surface area contributed by atoms with Crippen molar-refractivity contribution < 1.29 is 12.8 Å². The van der Waals surface area contributed by atoms with Crippen molar-refractivity contribution in [1.82, 2.24) is 24.3 Å². The number of H-pyrrole nitrogens is 1. The van der Waals surface area contributed by atoms with E-state index in [1.165, 1.54) is 29.2 Å². The Hall–Kier alpha value is -1.97. The summed E-state index contributed by atoms with van der Waals surface area (Å²) in [6, 6.07) is 1.39. The molecule has 3 aromatic heterocycles. The minimum Gasteiger partial charge on any atom is -0.303 e. The maximum absolute atomic E-state index is 14.0. The van der Waals surface area contributed by atoms with Gasteiger partial charge in [-0.1, -0.05) is 11.6 Å². The number of nitrogens with one attached hydrogen (secondary N) is 2. The highest BCUT2D eigenvalue weighted by molar-refractivity contribution is 7.89. The number of hydrogen-bond donors (Lipinski definition) is 2. The van der Waals surface area contributed by atoms with E-state index in [0.717, 1.165) is 0 Å². The Morgan fingerprint density at radius 2 is 2.29 bits per heavy atom. The largest absolute Gasteiger partial charge is 0.303 e. The second-order valence-electron chi connectivity index (χ2n) is 4.18. The molecule has 0 aliphatic carbocycles. The summed E-state index contributed by atoms with van der Waals surface area (Å²) in [5.74, 6) is -0.644. The third-order valence-corrected chi connectivity index (χ3v) is 4.54. The molecule has 3 rings (SSSR count). The smallest absolute Gasteiger partial charge is 0.244 e. The molecule has 0 radical (unpaired) electrons. The molecule has 0 saturated heterocycles. The van der Waals surface area contributed by atoms with E-state index in [1.54, 1.807) is 6.20 Å². The molecular formula is C11H9ClFN5O2S. The van der Waals surface area contributed by atoms with Gasteiger partial charge in [-0.05, 0) is 6.07 Å². The molecular weight excluding hydrogens is 321 g/mol. The first kappa shape index (κ1) is 14.0. The minimum absolute atomic E-state index is 0.00970. The maximum atomic E-state index is 14.0. The monoisotopic (exact) mass is 329 g/mol. The van der Waals surface area contributed by atoms with Crippen LogP contribution < -0.4 is 4.72 Å². The van der Waals surface area contributed by atoms with Gasteiger partial charge in [0.15, 0.2) is 5.82 Å². The zero-order valence-corrected chi connectivity index (χ0v) is 12.0. The number of aromatic nitrogens is 4. The van der Waals surface area contributed by atoms with Crippen molar-refractivity contribution in [2.24, 2.45) is 0 Å². The van der Waals surface area contributed by atoms with Crippen molar-refractivity contribution in [3.8, 4) is 0 Å². The van der Waals surface area contributed by atoms with Crippen LogP contribution in [0.2, 0.25) is 5.02 Å². The molecule has 0 atom stereocenters. The van der Waals surface area contributed by atoms with Crippen LogP contribution in [0.5, 0.6) is 0 Å². The second-order valence-corrected chi connectivity index (χ2v) is 6.36. The van der Waals surface area contributed by atoms with Gasteiger partial charge in [0.05, 0.1) is 29.8 Å². The van der Waals surface area contributed by atoms with E-state index in [-0.39, 0.29) is 27.7 Å². The Labute approximate surface area is 123 Å². The van der Waals surface area contributed by atoms with Crippen molar-refractivity contribution in [2.75, 3.05) is 0 Å². The summed E-state index contributed by atoms with van der Waals surface area (Å²) in [6.45, 7) is -0.165. The topological polar surface area (TPSA) is 92.2 Å². The molecule has 7 nitrogen and oxygen atoms in total. The maximum Gasteiger partial charge on any atom is 0.244 e. The first-order valence-electron chi connectivity index (χ1n) is 5.77. The van der Waals surface area contributed by atoms with Crippen LogP contribution in [-0.2, 0) is 16.6 Å². The number of aromatic amines is 1. The third-order valence-electron chi connectivity index (χ3n) is 2.88. The number of pyridine rings is 1. The lowest BCUT2D eigenvalue weighted by Crippen LogP contribution is -2.23. The van der Waals surface area contributed by atoms with Crippen molar-refractivity contribution in [1.29, 1.82) is 0 Å². The quantitative estimate of drug-likeness (QED) is 0.755. The van der Waals surface area contributed by atoms with Crippen LogP contribution in [-0.4, -0.2) is 28.0 Å². The van der Waals surface area contributed by atoms with E-state index >= 15 is 0 Å². The molecule has 110 valence electrons. The minimum atomic E-state index is -3.73. The molecule has 0 amide bonds. The van der Waals surface area contributed by atoms with E-state index in [4.69, 9.17) is 11.6 Å². The summed E-state index contributed by atoms with van der Waals surface area (Å²) in [5.41, 5.74) is 0.375. The van der Waals surface area contributed by atoms with Crippen molar-refractivity contribution in [3.05, 3.63) is 47.5 Å². The molecule has 0 aliphatic heterocycles. The molecule has 0 spiro atoms. The average Bonchev–Trinajstić information content (AvgIpc) is 3.10. The van der Waals surface area contributed by atoms with Crippen LogP contribution in [0.1, 0.15) is 5.69 Å². The number of fused-ring (bicyclic) bond motifs is 1. The number of halogens is 2. The van der Waals surface area contributed by atoms with E-state index < -0.39 is 15.8 Å². The molecule has 0 aliphatic rings. The lowest BCUT2D eigenvalue weighted by Gasteiger charge is -2.04. The fourth-order valence-electron chi connectivity index (χ4n) is 1.85. The van der Waals surface area contributed by atoms with Crippen LogP contribution in [0.25, 0.3) is 5.52 Å². The van der Waals surface area contributed by atoms with E-state index in [9.17, 15) is 12.8 Å². The van der Waals surface area contributed by atoms with Gasteiger partial charge in [-0.25, -0.2) is 22.5 Å². The van der Waals surface area contributed by atoms with Crippen LogP contribution in [0.15, 0.2) is 35.9 Å². The summed E-state index contributed by atoms with van der Waals surface area (Å²) < 4.78 is 41.7. The fraction of sp³-hybridized carbons (Fsp3) is 0.0909. The number of imidazole rings is 1. The van der Waals surface area contributed by atoms with Gasteiger partial charge in [0.25, 0.3) is 0 Å². The average molecular weight is 330 g/mol. The van der Waals surface area contributed by atoms with Gasteiger partial charge in [-0.3, -0.25) is 5.10 Å². The number of hydrogen-bond acceptors (Lipinski definition) is 4. The van der Waals surface area contributed by atoms with E-state index in [1.807, 2.05) is 0 Å². The lowest BCUT2D eigenvalue weighted by molar-refractivity contribution is 0.580. The molecule has 21 heavy (non-hydrogen) atoms. The zero-order chi connectivity index (χ0) is 15.0. The van der Waals surface area contributed by atoms with Gasteiger partial charge >= 0.3 is 0 Å². The van der Waals surface area contributed by atoms with Gasteiger partial charge in [-0.15, -0.1) is 0 Å². The SMILES string of the molecule is O=S(=O)(NCc1ncn2ccc(Cl)c(F)c12)c1cn[nH]c1. The Morgan fingerprint density at radius 3 is 3.00 bits per heavy atom. The molecule has 2 N–H and O–H groups in total. The summed E-state index contributed by atoms with van der Waals surface area (Å²) in [6.07, 6.45) is 5.34. The molecule has 3 heterocycles. The number of sulfonamides is 1. The lowest BCUT2D eigenvalue weighted by atomic mass is 10.3. The first-order chi connectivity index (χ1) is 9.99. The van der Waals surface area contributed by atoms with Crippen molar-refractivity contribution in [3.63, 3.8) is 0 Å². The number of nitrogens with zero attached hydrogens (tertiary/aromatic N) is 3. The normalized spacial score (nSPS) is 12.1. The van der Waals surface area contributed by atoms with Crippen LogP contribution in [0, 0.1) is 5.82 Å². The summed E-state index contributed by atoms with van der Waals surface area (Å²) in [5, 5.41) is 5.92. The molecule has 0 unspecified atom stereocenters. The molecule has 0 aromatic carbocycles. The van der Waals surface area contributed by atoms with E-state index in [2.05, 4.69) is 19.9 Å². The zero-order valence-electron chi connectivity index (χ0n) is 10.4. The standard InChI is InChI=1S/C11H9ClFN5O2S/c12-8-1-2-18-6-14-9(11(18)10(8)13)5-17-21(19,20)7-3-15-16-4-7/h1-4,6,17H,5H2,(H,15,16). The van der Waals surface area contributed by atoms with Crippen molar-refractivity contribution >= 4 is 27.1 Å². The van der Waals surface area contributed by atoms with E-state index in [0.29, 0.717) is 0 Å². The third kappa shape index (κ3) is 2.50.